The number of hydrogen-bond donors (Lipinski definition) is 2. The minimum Gasteiger partial charge on any atom is -0.478 e. The van der Waals surface area contributed by atoms with Crippen LogP contribution in [0, 0.1) is 10.1 Å². The molecule has 0 atom stereocenters. The number of rotatable bonds is 9. The summed E-state index contributed by atoms with van der Waals surface area (Å²) in [6.45, 7) is 6.37. The fourth-order valence-corrected chi connectivity index (χ4v) is 3.64. The van der Waals surface area contributed by atoms with Crippen LogP contribution in [0.4, 0.5) is 11.4 Å². The minimum absolute atomic E-state index is 0.138. The van der Waals surface area contributed by atoms with E-state index >= 15 is 0 Å². The molecular weight excluding hydrogens is 498 g/mol. The topological polar surface area (TPSA) is 168 Å². The zero-order valence-electron chi connectivity index (χ0n) is 21.0. The maximum absolute atomic E-state index is 13.2. The van der Waals surface area contributed by atoms with E-state index in [0.29, 0.717) is 49.7 Å². The van der Waals surface area contributed by atoms with Gasteiger partial charge in [0, 0.05) is 49.0 Å². The number of ketones is 1. The quantitative estimate of drug-likeness (QED) is 0.214. The highest BCUT2D eigenvalue weighted by Crippen LogP contribution is 2.29. The molecule has 0 aromatic heterocycles. The van der Waals surface area contributed by atoms with Crippen LogP contribution in [0.5, 0.6) is 0 Å². The molecule has 1 fully saturated rings. The summed E-state index contributed by atoms with van der Waals surface area (Å²) in [4.78, 5) is 59.8. The number of nitro benzene ring substituents is 1. The fourth-order valence-electron chi connectivity index (χ4n) is 3.64. The lowest BCUT2D eigenvalue weighted by atomic mass is 9.99. The van der Waals surface area contributed by atoms with Gasteiger partial charge in [-0.2, -0.15) is 0 Å². The van der Waals surface area contributed by atoms with E-state index in [0.717, 1.165) is 0 Å². The molecule has 0 aliphatic carbocycles. The summed E-state index contributed by atoms with van der Waals surface area (Å²) in [5.74, 6) is -3.04. The Morgan fingerprint density at radius 3 is 2.11 bits per heavy atom. The lowest BCUT2D eigenvalue weighted by Crippen LogP contribution is -2.47. The van der Waals surface area contributed by atoms with Crippen molar-refractivity contribution in [2.24, 2.45) is 0 Å². The van der Waals surface area contributed by atoms with Crippen LogP contribution in [0.1, 0.15) is 29.8 Å². The smallest absolute Gasteiger partial charge is 0.328 e. The predicted octanol–water partition coefficient (Wildman–Crippen LogP) is 2.61. The van der Waals surface area contributed by atoms with Crippen LogP contribution in [-0.4, -0.2) is 82.6 Å². The van der Waals surface area contributed by atoms with Crippen molar-refractivity contribution < 1.29 is 39.1 Å². The molecule has 1 aliphatic rings. The molecule has 202 valence electrons. The summed E-state index contributed by atoms with van der Waals surface area (Å²) in [5.41, 5.74) is 0.730. The Hall–Kier alpha value is -4.42. The van der Waals surface area contributed by atoms with Crippen molar-refractivity contribution in [3.05, 3.63) is 81.9 Å². The van der Waals surface area contributed by atoms with Gasteiger partial charge < -0.3 is 19.8 Å². The number of morpholine rings is 1. The number of carboxylic acid groups (broad SMARTS) is 2. The van der Waals surface area contributed by atoms with E-state index in [1.807, 2.05) is 18.7 Å². The maximum atomic E-state index is 13.2. The van der Waals surface area contributed by atoms with Gasteiger partial charge in [-0.1, -0.05) is 30.3 Å². The zero-order valence-corrected chi connectivity index (χ0v) is 21.0. The molecule has 1 saturated heterocycles. The van der Waals surface area contributed by atoms with E-state index in [1.54, 1.807) is 35.2 Å². The highest BCUT2D eigenvalue weighted by Gasteiger charge is 2.28. The van der Waals surface area contributed by atoms with Gasteiger partial charge in [0.2, 0.25) is 5.91 Å². The molecule has 0 unspecified atom stereocenters. The van der Waals surface area contributed by atoms with Crippen LogP contribution in [0.25, 0.3) is 0 Å². The van der Waals surface area contributed by atoms with Crippen molar-refractivity contribution in [3.63, 3.8) is 0 Å². The average molecular weight is 528 g/mol. The van der Waals surface area contributed by atoms with Gasteiger partial charge in [-0.15, -0.1) is 0 Å². The number of anilines is 1. The van der Waals surface area contributed by atoms with Crippen molar-refractivity contribution >= 4 is 35.0 Å². The zero-order chi connectivity index (χ0) is 28.2. The molecule has 2 aromatic carbocycles. The molecule has 0 bridgehead atoms. The number of hydrogen-bond acceptors (Lipinski definition) is 8. The minimum atomic E-state index is -1.26. The molecule has 1 amide bonds. The number of amides is 1. The van der Waals surface area contributed by atoms with Gasteiger partial charge in [0.1, 0.15) is 0 Å². The predicted molar refractivity (Wildman–Crippen MR) is 137 cm³/mol. The van der Waals surface area contributed by atoms with Gasteiger partial charge >= 0.3 is 11.9 Å². The van der Waals surface area contributed by atoms with E-state index in [1.165, 1.54) is 18.2 Å². The number of non-ortho nitro benzene ring substituents is 1. The molecule has 0 saturated carbocycles. The van der Waals surface area contributed by atoms with Crippen LogP contribution in [-0.2, 0) is 19.1 Å². The van der Waals surface area contributed by atoms with Crippen molar-refractivity contribution in [1.29, 1.82) is 0 Å². The molecule has 0 radical (unpaired) electrons. The summed E-state index contributed by atoms with van der Waals surface area (Å²) in [7, 11) is 0. The Bertz CT molecular complexity index is 1170. The van der Waals surface area contributed by atoms with Crippen molar-refractivity contribution in [1.82, 2.24) is 4.90 Å². The Balaban J connectivity index is 0.000000550. The first-order chi connectivity index (χ1) is 18.0. The summed E-state index contributed by atoms with van der Waals surface area (Å²) < 4.78 is 5.33. The molecule has 38 heavy (non-hydrogen) atoms. The van der Waals surface area contributed by atoms with Crippen molar-refractivity contribution in [2.75, 3.05) is 37.7 Å². The second-order valence-electron chi connectivity index (χ2n) is 8.41. The molecule has 1 aliphatic heterocycles. The Kier molecular flexibility index (Phi) is 11.3. The number of nitrogens with zero attached hydrogens (tertiary/aromatic N) is 3. The third kappa shape index (κ3) is 8.91. The number of carboxylic acids is 2. The second kappa shape index (κ2) is 14.4. The van der Waals surface area contributed by atoms with Gasteiger partial charge in [-0.25, -0.2) is 9.59 Å². The number of ether oxygens (including phenoxy) is 1. The molecule has 12 heteroatoms. The maximum Gasteiger partial charge on any atom is 0.328 e. The average Bonchev–Trinajstić information content (AvgIpc) is 2.88. The van der Waals surface area contributed by atoms with E-state index in [-0.39, 0.29) is 35.5 Å². The van der Waals surface area contributed by atoms with Gasteiger partial charge in [-0.3, -0.25) is 24.6 Å². The van der Waals surface area contributed by atoms with Crippen molar-refractivity contribution in [3.8, 4) is 0 Å². The van der Waals surface area contributed by atoms with E-state index < -0.39 is 16.9 Å². The number of aliphatic carboxylic acids is 2. The summed E-state index contributed by atoms with van der Waals surface area (Å²) >= 11 is 0. The van der Waals surface area contributed by atoms with Crippen LogP contribution < -0.4 is 4.90 Å². The number of carbonyl (C=O) groups excluding carboxylic acids is 2. The van der Waals surface area contributed by atoms with Gasteiger partial charge in [0.05, 0.1) is 35.9 Å². The molecule has 12 nitrogen and oxygen atoms in total. The van der Waals surface area contributed by atoms with Crippen LogP contribution >= 0.6 is 0 Å². The fraction of sp³-hybridized carbons (Fsp3) is 0.308. The number of nitro groups is 1. The largest absolute Gasteiger partial charge is 0.478 e. The third-order valence-electron chi connectivity index (χ3n) is 5.35. The van der Waals surface area contributed by atoms with Gasteiger partial charge in [0.15, 0.2) is 5.78 Å². The number of carbonyl (C=O) groups is 4. The van der Waals surface area contributed by atoms with Crippen LogP contribution in [0.2, 0.25) is 0 Å². The summed E-state index contributed by atoms with van der Waals surface area (Å²) in [6, 6.07) is 12.4. The standard InChI is InChI=1S/C22H25N3O5.C4H4O4/c1-16(2)24(21(26)15-23-10-12-30-13-11-23)20-9-8-18(25(28)29)14-19(20)22(27)17-6-4-3-5-7-17;5-3(6)1-2-4(7)8/h3-9,14,16H,10-13,15H2,1-2H3;1-2H,(H,5,6)(H,7,8)/b;2-1+. The normalized spacial score (nSPS) is 13.4. The summed E-state index contributed by atoms with van der Waals surface area (Å²) in [6.07, 6.45) is 1.12. The van der Waals surface area contributed by atoms with Crippen LogP contribution in [0.3, 0.4) is 0 Å². The Morgan fingerprint density at radius 2 is 1.61 bits per heavy atom. The van der Waals surface area contributed by atoms with Crippen molar-refractivity contribution in [2.45, 2.75) is 19.9 Å². The summed E-state index contributed by atoms with van der Waals surface area (Å²) in [5, 5.41) is 26.9. The molecule has 2 N–H and O–H groups in total. The highest BCUT2D eigenvalue weighted by atomic mass is 16.6. The lowest BCUT2D eigenvalue weighted by Gasteiger charge is -2.32. The SMILES string of the molecule is CC(C)N(C(=O)CN1CCOCC1)c1ccc([N+](=O)[O-])cc1C(=O)c1ccccc1.O=C(O)/C=C/C(=O)O. The third-order valence-corrected chi connectivity index (χ3v) is 5.35. The second-order valence-corrected chi connectivity index (χ2v) is 8.41. The van der Waals surface area contributed by atoms with Gasteiger partial charge in [-0.05, 0) is 19.9 Å². The molecule has 2 aromatic rings. The monoisotopic (exact) mass is 527 g/mol. The Labute approximate surface area is 218 Å². The molecule has 3 rings (SSSR count). The highest BCUT2D eigenvalue weighted by molar-refractivity contribution is 6.14. The molecule has 1 heterocycles. The molecular formula is C26H29N3O9. The first-order valence-electron chi connectivity index (χ1n) is 11.7. The molecule has 0 spiro atoms. The lowest BCUT2D eigenvalue weighted by molar-refractivity contribution is -0.384. The first-order valence-corrected chi connectivity index (χ1v) is 11.7. The van der Waals surface area contributed by atoms with E-state index in [4.69, 9.17) is 14.9 Å². The van der Waals surface area contributed by atoms with Gasteiger partial charge in [0.25, 0.3) is 5.69 Å². The van der Waals surface area contributed by atoms with E-state index in [9.17, 15) is 29.3 Å². The van der Waals surface area contributed by atoms with E-state index in [2.05, 4.69) is 0 Å². The first kappa shape index (κ1) is 29.8. The Morgan fingerprint density at radius 1 is 1.03 bits per heavy atom. The number of benzene rings is 2. The van der Waals surface area contributed by atoms with Crippen LogP contribution in [0.15, 0.2) is 60.7 Å².